The number of amides is 2. The van der Waals surface area contributed by atoms with E-state index in [4.69, 9.17) is 0 Å². The third-order valence-corrected chi connectivity index (χ3v) is 3.95. The zero-order valence-electron chi connectivity index (χ0n) is 10.3. The minimum atomic E-state index is -0.484. The molecule has 1 atom stereocenters. The number of aromatic nitrogens is 2. The summed E-state index contributed by atoms with van der Waals surface area (Å²) in [6, 6.07) is 0. The van der Waals surface area contributed by atoms with E-state index in [-0.39, 0.29) is 11.8 Å². The maximum absolute atomic E-state index is 11.8. The second-order valence-electron chi connectivity index (χ2n) is 5.25. The van der Waals surface area contributed by atoms with Crippen LogP contribution in [0.3, 0.4) is 0 Å². The fourth-order valence-corrected chi connectivity index (χ4v) is 2.86. The number of imide groups is 1. The SMILES string of the molecule is Cn1ccnc1CN1CC[C@]2(CC(=O)NC2=O)C1. The largest absolute Gasteiger partial charge is 0.337 e. The van der Waals surface area contributed by atoms with Crippen LogP contribution in [-0.4, -0.2) is 39.4 Å². The minimum absolute atomic E-state index is 0.102. The van der Waals surface area contributed by atoms with Crippen molar-refractivity contribution in [3.05, 3.63) is 18.2 Å². The zero-order chi connectivity index (χ0) is 12.8. The summed E-state index contributed by atoms with van der Waals surface area (Å²) >= 11 is 0. The normalized spacial score (nSPS) is 28.3. The van der Waals surface area contributed by atoms with Crippen molar-refractivity contribution in [1.29, 1.82) is 0 Å². The van der Waals surface area contributed by atoms with Crippen LogP contribution in [0.15, 0.2) is 12.4 Å². The summed E-state index contributed by atoms with van der Waals surface area (Å²) in [5, 5.41) is 2.41. The summed E-state index contributed by atoms with van der Waals surface area (Å²) in [4.78, 5) is 29.6. The van der Waals surface area contributed by atoms with Gasteiger partial charge in [0.2, 0.25) is 11.8 Å². The van der Waals surface area contributed by atoms with Gasteiger partial charge in [-0.3, -0.25) is 19.8 Å². The molecule has 0 aliphatic carbocycles. The van der Waals surface area contributed by atoms with Gasteiger partial charge in [-0.25, -0.2) is 4.98 Å². The van der Waals surface area contributed by atoms with E-state index in [0.29, 0.717) is 13.0 Å². The van der Waals surface area contributed by atoms with Crippen LogP contribution in [-0.2, 0) is 23.2 Å². The molecule has 1 aromatic heterocycles. The molecule has 2 aliphatic heterocycles. The molecule has 0 radical (unpaired) electrons. The summed E-state index contributed by atoms with van der Waals surface area (Å²) in [6.07, 6.45) is 4.78. The molecule has 0 aromatic carbocycles. The number of rotatable bonds is 2. The number of nitrogens with zero attached hydrogens (tertiary/aromatic N) is 3. The van der Waals surface area contributed by atoms with Crippen molar-refractivity contribution in [2.24, 2.45) is 12.5 Å². The van der Waals surface area contributed by atoms with E-state index < -0.39 is 5.41 Å². The van der Waals surface area contributed by atoms with Crippen molar-refractivity contribution in [2.75, 3.05) is 13.1 Å². The molecule has 3 heterocycles. The van der Waals surface area contributed by atoms with Crippen LogP contribution in [0.4, 0.5) is 0 Å². The van der Waals surface area contributed by atoms with Crippen LogP contribution in [0.2, 0.25) is 0 Å². The molecule has 6 heteroatoms. The molecule has 2 saturated heterocycles. The van der Waals surface area contributed by atoms with Crippen molar-refractivity contribution in [1.82, 2.24) is 19.8 Å². The third kappa shape index (κ3) is 1.73. The number of carbonyl (C=O) groups excluding carboxylic acids is 2. The topological polar surface area (TPSA) is 67.2 Å². The first kappa shape index (κ1) is 11.4. The molecule has 0 unspecified atom stereocenters. The van der Waals surface area contributed by atoms with Gasteiger partial charge >= 0.3 is 0 Å². The molecule has 1 spiro atoms. The van der Waals surface area contributed by atoms with Gasteiger partial charge in [0.1, 0.15) is 5.82 Å². The van der Waals surface area contributed by atoms with Gasteiger partial charge in [-0.2, -0.15) is 0 Å². The lowest BCUT2D eigenvalue weighted by Crippen LogP contribution is -2.34. The van der Waals surface area contributed by atoms with Crippen LogP contribution >= 0.6 is 0 Å². The summed E-state index contributed by atoms with van der Waals surface area (Å²) < 4.78 is 1.98. The molecule has 96 valence electrons. The maximum atomic E-state index is 11.8. The van der Waals surface area contributed by atoms with E-state index in [1.165, 1.54) is 0 Å². The molecular weight excluding hydrogens is 232 g/mol. The predicted molar refractivity (Wildman–Crippen MR) is 63.3 cm³/mol. The van der Waals surface area contributed by atoms with Crippen LogP contribution in [0, 0.1) is 5.41 Å². The van der Waals surface area contributed by atoms with Gasteiger partial charge in [0.25, 0.3) is 0 Å². The first-order valence-corrected chi connectivity index (χ1v) is 6.12. The summed E-state index contributed by atoms with van der Waals surface area (Å²) in [6.45, 7) is 2.22. The Bertz CT molecular complexity index is 510. The summed E-state index contributed by atoms with van der Waals surface area (Å²) in [5.74, 6) is 0.741. The van der Waals surface area contributed by atoms with Gasteiger partial charge < -0.3 is 4.57 Å². The molecule has 3 rings (SSSR count). The minimum Gasteiger partial charge on any atom is -0.337 e. The lowest BCUT2D eigenvalue weighted by Gasteiger charge is -2.19. The van der Waals surface area contributed by atoms with Crippen molar-refractivity contribution in [3.63, 3.8) is 0 Å². The van der Waals surface area contributed by atoms with Crippen LogP contribution in [0.1, 0.15) is 18.7 Å². The molecule has 1 aromatic rings. The summed E-state index contributed by atoms with van der Waals surface area (Å²) in [5.41, 5.74) is -0.484. The van der Waals surface area contributed by atoms with E-state index in [0.717, 1.165) is 25.3 Å². The number of nitrogens with one attached hydrogen (secondary N) is 1. The second-order valence-corrected chi connectivity index (χ2v) is 5.25. The highest BCUT2D eigenvalue weighted by Gasteiger charge is 2.50. The highest BCUT2D eigenvalue weighted by Crippen LogP contribution is 2.37. The van der Waals surface area contributed by atoms with Gasteiger partial charge in [-0.1, -0.05) is 0 Å². The van der Waals surface area contributed by atoms with Crippen LogP contribution in [0.25, 0.3) is 0 Å². The van der Waals surface area contributed by atoms with Crippen molar-refractivity contribution in [3.8, 4) is 0 Å². The number of aryl methyl sites for hydroxylation is 1. The zero-order valence-corrected chi connectivity index (χ0v) is 10.3. The number of carbonyl (C=O) groups is 2. The fraction of sp³-hybridized carbons (Fsp3) is 0.583. The highest BCUT2D eigenvalue weighted by atomic mass is 16.2. The molecule has 2 amide bonds. The monoisotopic (exact) mass is 248 g/mol. The number of likely N-dealkylation sites (tertiary alicyclic amines) is 1. The number of imidazole rings is 1. The maximum Gasteiger partial charge on any atom is 0.234 e. The first-order chi connectivity index (χ1) is 8.59. The molecule has 18 heavy (non-hydrogen) atoms. The Morgan fingerprint density at radius 2 is 2.33 bits per heavy atom. The number of hydrogen-bond donors (Lipinski definition) is 1. The van der Waals surface area contributed by atoms with Gasteiger partial charge in [0.05, 0.1) is 12.0 Å². The smallest absolute Gasteiger partial charge is 0.234 e. The Labute approximate surface area is 105 Å². The molecule has 0 saturated carbocycles. The standard InChI is InChI=1S/C12H16N4O2/c1-15-5-3-13-9(15)7-16-4-2-12(8-16)6-10(17)14-11(12)18/h3,5H,2,4,6-8H2,1H3,(H,14,17,18)/t12-/m0/s1. The van der Waals surface area contributed by atoms with E-state index >= 15 is 0 Å². The Hall–Kier alpha value is -1.69. The molecular formula is C12H16N4O2. The second kappa shape index (κ2) is 3.91. The quantitative estimate of drug-likeness (QED) is 0.727. The van der Waals surface area contributed by atoms with Gasteiger partial charge in [-0.05, 0) is 13.0 Å². The highest BCUT2D eigenvalue weighted by molar-refractivity contribution is 6.06. The van der Waals surface area contributed by atoms with Gasteiger partial charge in [-0.15, -0.1) is 0 Å². The fourth-order valence-electron chi connectivity index (χ4n) is 2.86. The van der Waals surface area contributed by atoms with E-state index in [1.54, 1.807) is 6.20 Å². The molecule has 2 aliphatic rings. The average molecular weight is 248 g/mol. The van der Waals surface area contributed by atoms with Crippen molar-refractivity contribution < 1.29 is 9.59 Å². The Morgan fingerprint density at radius 1 is 1.50 bits per heavy atom. The number of hydrogen-bond acceptors (Lipinski definition) is 4. The molecule has 1 N–H and O–H groups in total. The Kier molecular flexibility index (Phi) is 2.48. The van der Waals surface area contributed by atoms with Gasteiger partial charge in [0, 0.05) is 32.4 Å². The average Bonchev–Trinajstić information content (AvgIpc) is 2.94. The third-order valence-electron chi connectivity index (χ3n) is 3.95. The van der Waals surface area contributed by atoms with E-state index in [9.17, 15) is 9.59 Å². The van der Waals surface area contributed by atoms with Gasteiger partial charge in [0.15, 0.2) is 0 Å². The van der Waals surface area contributed by atoms with E-state index in [2.05, 4.69) is 15.2 Å². The summed E-state index contributed by atoms with van der Waals surface area (Å²) in [7, 11) is 1.96. The van der Waals surface area contributed by atoms with Crippen molar-refractivity contribution in [2.45, 2.75) is 19.4 Å². The molecule has 2 fully saturated rings. The van der Waals surface area contributed by atoms with Crippen molar-refractivity contribution >= 4 is 11.8 Å². The van der Waals surface area contributed by atoms with Crippen LogP contribution in [0.5, 0.6) is 0 Å². The van der Waals surface area contributed by atoms with E-state index in [1.807, 2.05) is 17.8 Å². The molecule has 6 nitrogen and oxygen atoms in total. The van der Waals surface area contributed by atoms with Crippen LogP contribution < -0.4 is 5.32 Å². The molecule has 0 bridgehead atoms. The Morgan fingerprint density at radius 3 is 2.94 bits per heavy atom. The first-order valence-electron chi connectivity index (χ1n) is 6.12. The predicted octanol–water partition coefficient (Wildman–Crippen LogP) is -0.341. The lowest BCUT2D eigenvalue weighted by atomic mass is 9.85. The lowest BCUT2D eigenvalue weighted by molar-refractivity contribution is -0.128. The Balaban J connectivity index is 1.71.